The molecule has 0 aliphatic rings. The van der Waals surface area contributed by atoms with Gasteiger partial charge in [0.2, 0.25) is 5.91 Å². The van der Waals surface area contributed by atoms with Gasteiger partial charge in [-0.15, -0.1) is 0 Å². The Balaban J connectivity index is 1.81. The number of ether oxygens (including phenoxy) is 3. The molecule has 0 aliphatic heterocycles. The highest BCUT2D eigenvalue weighted by Gasteiger charge is 2.12. The largest absolute Gasteiger partial charge is 0.493 e. The van der Waals surface area contributed by atoms with Crippen molar-refractivity contribution < 1.29 is 28.6 Å². The molecule has 0 fully saturated rings. The summed E-state index contributed by atoms with van der Waals surface area (Å²) in [6.07, 6.45) is 0. The molecule has 7 nitrogen and oxygen atoms in total. The number of carbonyl (C=O) groups excluding carboxylic acids is 3. The first-order valence-electron chi connectivity index (χ1n) is 7.82. The van der Waals surface area contributed by atoms with Crippen molar-refractivity contribution in [2.45, 2.75) is 6.92 Å². The Morgan fingerprint density at radius 2 is 1.58 bits per heavy atom. The van der Waals surface area contributed by atoms with Gasteiger partial charge in [-0.1, -0.05) is 12.1 Å². The van der Waals surface area contributed by atoms with Crippen LogP contribution in [0.1, 0.15) is 17.3 Å². The summed E-state index contributed by atoms with van der Waals surface area (Å²) in [4.78, 5) is 34.7. The molecule has 1 amide bonds. The molecule has 0 spiro atoms. The highest BCUT2D eigenvalue weighted by atomic mass is 16.6. The molecule has 2 rings (SSSR count). The van der Waals surface area contributed by atoms with Crippen molar-refractivity contribution in [1.29, 1.82) is 0 Å². The molecule has 0 aromatic heterocycles. The van der Waals surface area contributed by atoms with Crippen molar-refractivity contribution >= 4 is 23.3 Å². The monoisotopic (exact) mass is 357 g/mol. The number of hydrogen-bond donors (Lipinski definition) is 1. The summed E-state index contributed by atoms with van der Waals surface area (Å²) in [6.45, 7) is 0.661. The Bertz CT molecular complexity index is 785. The van der Waals surface area contributed by atoms with Crippen LogP contribution in [0.2, 0.25) is 0 Å². The Morgan fingerprint density at radius 3 is 2.19 bits per heavy atom. The molecule has 2 aromatic carbocycles. The summed E-state index contributed by atoms with van der Waals surface area (Å²) in [5, 5.41) is 2.60. The van der Waals surface area contributed by atoms with Gasteiger partial charge in [-0.25, -0.2) is 4.79 Å². The zero-order chi connectivity index (χ0) is 18.9. The fraction of sp³-hybridized carbons (Fsp3) is 0.211. The zero-order valence-corrected chi connectivity index (χ0v) is 14.5. The molecular formula is C19H19NO6. The van der Waals surface area contributed by atoms with E-state index in [0.29, 0.717) is 22.7 Å². The number of carbonyl (C=O) groups is 3. The summed E-state index contributed by atoms with van der Waals surface area (Å²) >= 11 is 0. The summed E-state index contributed by atoms with van der Waals surface area (Å²) in [7, 11) is 1.50. The van der Waals surface area contributed by atoms with Crippen LogP contribution in [-0.4, -0.2) is 38.0 Å². The average molecular weight is 357 g/mol. The first-order chi connectivity index (χ1) is 12.5. The standard InChI is InChI=1S/C19H19NO6/c1-13(21)20-15-9-7-14(8-10-15)16(22)11-26-19(23)12-25-18-6-4-3-5-17(18)24-2/h3-10H,11-12H2,1-2H3,(H,20,21). The van der Waals surface area contributed by atoms with E-state index < -0.39 is 12.6 Å². The topological polar surface area (TPSA) is 90.9 Å². The molecule has 2 aromatic rings. The molecule has 0 saturated carbocycles. The fourth-order valence-electron chi connectivity index (χ4n) is 2.09. The van der Waals surface area contributed by atoms with Gasteiger partial charge in [0.25, 0.3) is 0 Å². The summed E-state index contributed by atoms with van der Waals surface area (Å²) < 4.78 is 15.4. The predicted octanol–water partition coefficient (Wildman–Crippen LogP) is 2.46. The molecule has 0 atom stereocenters. The van der Waals surface area contributed by atoms with Crippen molar-refractivity contribution in [3.8, 4) is 11.5 Å². The van der Waals surface area contributed by atoms with Gasteiger partial charge in [0.05, 0.1) is 7.11 Å². The van der Waals surface area contributed by atoms with Crippen LogP contribution in [0.3, 0.4) is 0 Å². The molecule has 7 heteroatoms. The Morgan fingerprint density at radius 1 is 0.923 bits per heavy atom. The lowest BCUT2D eigenvalue weighted by atomic mass is 10.1. The summed E-state index contributed by atoms with van der Waals surface area (Å²) in [6, 6.07) is 13.2. The number of rotatable bonds is 8. The maximum absolute atomic E-state index is 12.0. The van der Waals surface area contributed by atoms with Crippen molar-refractivity contribution in [2.24, 2.45) is 0 Å². The smallest absolute Gasteiger partial charge is 0.344 e. The number of esters is 1. The third-order valence-corrected chi connectivity index (χ3v) is 3.31. The molecule has 0 radical (unpaired) electrons. The third kappa shape index (κ3) is 5.62. The number of methoxy groups -OCH3 is 1. The van der Waals surface area contributed by atoms with Gasteiger partial charge < -0.3 is 19.5 Å². The van der Waals surface area contributed by atoms with E-state index in [-0.39, 0.29) is 18.3 Å². The van der Waals surface area contributed by atoms with Crippen LogP contribution >= 0.6 is 0 Å². The quantitative estimate of drug-likeness (QED) is 0.576. The van der Waals surface area contributed by atoms with E-state index in [1.807, 2.05) is 0 Å². The number of Topliss-reactive ketones (excluding diaryl/α,β-unsaturated/α-hetero) is 1. The molecule has 26 heavy (non-hydrogen) atoms. The highest BCUT2D eigenvalue weighted by Crippen LogP contribution is 2.25. The molecule has 0 saturated heterocycles. The van der Waals surface area contributed by atoms with Gasteiger partial charge in [-0.3, -0.25) is 9.59 Å². The number of nitrogens with one attached hydrogen (secondary N) is 1. The van der Waals surface area contributed by atoms with Crippen LogP contribution in [0.4, 0.5) is 5.69 Å². The van der Waals surface area contributed by atoms with E-state index in [4.69, 9.17) is 14.2 Å². The lowest BCUT2D eigenvalue weighted by molar-refractivity contribution is -0.144. The van der Waals surface area contributed by atoms with Crippen LogP contribution in [-0.2, 0) is 14.3 Å². The minimum atomic E-state index is -0.667. The zero-order valence-electron chi connectivity index (χ0n) is 14.5. The maximum Gasteiger partial charge on any atom is 0.344 e. The average Bonchev–Trinajstić information content (AvgIpc) is 2.64. The second-order valence-corrected chi connectivity index (χ2v) is 5.28. The van der Waals surface area contributed by atoms with Crippen LogP contribution in [0.25, 0.3) is 0 Å². The second kappa shape index (κ2) is 9.22. The van der Waals surface area contributed by atoms with Crippen LogP contribution in [0.15, 0.2) is 48.5 Å². The minimum absolute atomic E-state index is 0.201. The van der Waals surface area contributed by atoms with E-state index in [2.05, 4.69) is 5.32 Å². The van der Waals surface area contributed by atoms with Crippen molar-refractivity contribution in [1.82, 2.24) is 0 Å². The number of ketones is 1. The fourth-order valence-corrected chi connectivity index (χ4v) is 2.09. The first kappa shape index (κ1) is 19.0. The van der Waals surface area contributed by atoms with Crippen molar-refractivity contribution in [3.63, 3.8) is 0 Å². The molecule has 0 aliphatic carbocycles. The van der Waals surface area contributed by atoms with Gasteiger partial charge in [-0.05, 0) is 36.4 Å². The van der Waals surface area contributed by atoms with Gasteiger partial charge >= 0.3 is 5.97 Å². The molecule has 0 heterocycles. The van der Waals surface area contributed by atoms with E-state index in [1.165, 1.54) is 14.0 Å². The Hall–Kier alpha value is -3.35. The van der Waals surface area contributed by atoms with Gasteiger partial charge in [0, 0.05) is 18.2 Å². The van der Waals surface area contributed by atoms with Gasteiger partial charge in [-0.2, -0.15) is 0 Å². The highest BCUT2D eigenvalue weighted by molar-refractivity contribution is 5.98. The SMILES string of the molecule is COc1ccccc1OCC(=O)OCC(=O)c1ccc(NC(C)=O)cc1. The van der Waals surface area contributed by atoms with Crippen molar-refractivity contribution in [3.05, 3.63) is 54.1 Å². The second-order valence-electron chi connectivity index (χ2n) is 5.28. The number of amides is 1. The molecule has 0 unspecified atom stereocenters. The number of hydrogen-bond acceptors (Lipinski definition) is 6. The molecular weight excluding hydrogens is 338 g/mol. The summed E-state index contributed by atoms with van der Waals surface area (Å²) in [5.41, 5.74) is 0.953. The van der Waals surface area contributed by atoms with E-state index in [1.54, 1.807) is 48.5 Å². The predicted molar refractivity (Wildman–Crippen MR) is 94.5 cm³/mol. The van der Waals surface area contributed by atoms with Crippen LogP contribution in [0.5, 0.6) is 11.5 Å². The minimum Gasteiger partial charge on any atom is -0.493 e. The Labute approximate surface area is 150 Å². The molecule has 1 N–H and O–H groups in total. The van der Waals surface area contributed by atoms with Crippen molar-refractivity contribution in [2.75, 3.05) is 25.6 Å². The van der Waals surface area contributed by atoms with E-state index in [9.17, 15) is 14.4 Å². The number of benzene rings is 2. The normalized spacial score (nSPS) is 9.92. The maximum atomic E-state index is 12.0. The van der Waals surface area contributed by atoms with Gasteiger partial charge in [0.1, 0.15) is 0 Å². The lowest BCUT2D eigenvalue weighted by Gasteiger charge is -2.10. The summed E-state index contributed by atoms with van der Waals surface area (Å²) in [5.74, 6) is -0.320. The third-order valence-electron chi connectivity index (χ3n) is 3.31. The van der Waals surface area contributed by atoms with Gasteiger partial charge in [0.15, 0.2) is 30.5 Å². The Kier molecular flexibility index (Phi) is 6.73. The first-order valence-corrected chi connectivity index (χ1v) is 7.82. The molecule has 136 valence electrons. The van der Waals surface area contributed by atoms with E-state index >= 15 is 0 Å². The number of para-hydroxylation sites is 2. The number of anilines is 1. The van der Waals surface area contributed by atoms with Crippen LogP contribution in [0, 0.1) is 0 Å². The van der Waals surface area contributed by atoms with Crippen LogP contribution < -0.4 is 14.8 Å². The van der Waals surface area contributed by atoms with E-state index in [0.717, 1.165) is 0 Å². The lowest BCUT2D eigenvalue weighted by Crippen LogP contribution is -2.19. The molecule has 0 bridgehead atoms.